The van der Waals surface area contributed by atoms with Crippen molar-refractivity contribution in [3.8, 4) is 5.75 Å². The first kappa shape index (κ1) is 20.1. The highest BCUT2D eigenvalue weighted by atomic mass is 32.1. The largest absolute Gasteiger partial charge is 0.497 e. The van der Waals surface area contributed by atoms with E-state index < -0.39 is 6.10 Å². The van der Waals surface area contributed by atoms with Crippen molar-refractivity contribution in [2.24, 2.45) is 5.92 Å². The summed E-state index contributed by atoms with van der Waals surface area (Å²) in [6, 6.07) is 10.4. The quantitative estimate of drug-likeness (QED) is 0.548. The summed E-state index contributed by atoms with van der Waals surface area (Å²) >= 11 is 1.42. The first-order chi connectivity index (χ1) is 13.5. The number of carbonyl (C=O) groups excluding carboxylic acids is 3. The molecule has 6 nitrogen and oxygen atoms in total. The summed E-state index contributed by atoms with van der Waals surface area (Å²) < 4.78 is 10.5. The summed E-state index contributed by atoms with van der Waals surface area (Å²) in [7, 11) is 1.56. The number of rotatable bonds is 6. The van der Waals surface area contributed by atoms with Crippen LogP contribution in [-0.2, 0) is 9.53 Å². The van der Waals surface area contributed by atoms with Crippen LogP contribution >= 0.6 is 11.3 Å². The first-order valence-corrected chi connectivity index (χ1v) is 10.1. The third-order valence-electron chi connectivity index (χ3n) is 4.88. The molecule has 0 N–H and O–H groups in total. The third-order valence-corrected chi connectivity index (χ3v) is 5.74. The third kappa shape index (κ3) is 4.59. The summed E-state index contributed by atoms with van der Waals surface area (Å²) in [5.41, 5.74) is 0.470. The molecule has 1 fully saturated rings. The van der Waals surface area contributed by atoms with Gasteiger partial charge in [0.05, 0.1) is 17.9 Å². The molecule has 0 bridgehead atoms. The molecule has 1 atom stereocenters. The number of amides is 1. The van der Waals surface area contributed by atoms with Crippen molar-refractivity contribution in [2.45, 2.75) is 25.9 Å². The maximum atomic E-state index is 12.5. The van der Waals surface area contributed by atoms with Crippen LogP contribution in [0.25, 0.3) is 0 Å². The van der Waals surface area contributed by atoms with E-state index in [2.05, 4.69) is 0 Å². The fourth-order valence-electron chi connectivity index (χ4n) is 3.19. The van der Waals surface area contributed by atoms with Gasteiger partial charge in [-0.05, 0) is 55.5 Å². The number of piperidine rings is 1. The smallest absolute Gasteiger partial charge is 0.309 e. The second-order valence-electron chi connectivity index (χ2n) is 6.72. The number of thiophene rings is 1. The lowest BCUT2D eigenvalue weighted by molar-refractivity contribution is -0.152. The molecule has 0 radical (unpaired) electrons. The number of hydrogen-bond acceptors (Lipinski definition) is 6. The summed E-state index contributed by atoms with van der Waals surface area (Å²) in [6.45, 7) is 2.61. The lowest BCUT2D eigenvalue weighted by Gasteiger charge is -2.31. The van der Waals surface area contributed by atoms with E-state index in [4.69, 9.17) is 9.47 Å². The number of ether oxygens (including phenoxy) is 2. The van der Waals surface area contributed by atoms with Crippen molar-refractivity contribution < 1.29 is 23.9 Å². The zero-order valence-electron chi connectivity index (χ0n) is 15.9. The molecule has 1 unspecified atom stereocenters. The van der Waals surface area contributed by atoms with Crippen LogP contribution in [0, 0.1) is 5.92 Å². The van der Waals surface area contributed by atoms with Gasteiger partial charge >= 0.3 is 5.97 Å². The van der Waals surface area contributed by atoms with Crippen molar-refractivity contribution in [1.82, 2.24) is 4.90 Å². The minimum Gasteiger partial charge on any atom is -0.497 e. The molecule has 1 aromatic heterocycles. The summed E-state index contributed by atoms with van der Waals surface area (Å²) in [5.74, 6) is -0.257. The lowest BCUT2D eigenvalue weighted by Crippen LogP contribution is -2.41. The molecule has 1 amide bonds. The van der Waals surface area contributed by atoms with E-state index in [0.717, 1.165) is 0 Å². The number of carbonyl (C=O) groups is 3. The molecule has 1 aliphatic rings. The molecule has 0 aliphatic carbocycles. The van der Waals surface area contributed by atoms with Gasteiger partial charge in [0, 0.05) is 18.7 Å². The molecule has 28 heavy (non-hydrogen) atoms. The molecule has 0 saturated carbocycles. The minimum absolute atomic E-state index is 0.00451. The molecular formula is C21H23NO5S. The molecular weight excluding hydrogens is 378 g/mol. The second kappa shape index (κ2) is 9.01. The molecule has 2 aromatic rings. The van der Waals surface area contributed by atoms with Gasteiger partial charge < -0.3 is 14.4 Å². The maximum Gasteiger partial charge on any atom is 0.309 e. The number of Topliss-reactive ketones (excluding diaryl/α,β-unsaturated/α-hetero) is 1. The van der Waals surface area contributed by atoms with Gasteiger partial charge in [-0.2, -0.15) is 0 Å². The number of esters is 1. The number of hydrogen-bond donors (Lipinski definition) is 0. The zero-order valence-corrected chi connectivity index (χ0v) is 16.7. The van der Waals surface area contributed by atoms with Crippen LogP contribution in [0.4, 0.5) is 0 Å². The van der Waals surface area contributed by atoms with Crippen LogP contribution in [0.5, 0.6) is 5.75 Å². The molecule has 1 saturated heterocycles. The van der Waals surface area contributed by atoms with Crippen molar-refractivity contribution in [3.63, 3.8) is 0 Å². The Hall–Kier alpha value is -2.67. The van der Waals surface area contributed by atoms with Crippen molar-refractivity contribution >= 4 is 29.0 Å². The number of methoxy groups -OCH3 is 1. The predicted molar refractivity (Wildman–Crippen MR) is 106 cm³/mol. The summed E-state index contributed by atoms with van der Waals surface area (Å²) in [5, 5.41) is 1.87. The fraction of sp³-hybridized carbons (Fsp3) is 0.381. The molecule has 1 aromatic carbocycles. The van der Waals surface area contributed by atoms with Crippen molar-refractivity contribution in [3.05, 3.63) is 52.2 Å². The Morgan fingerprint density at radius 1 is 1.11 bits per heavy atom. The van der Waals surface area contributed by atoms with Crippen molar-refractivity contribution in [2.75, 3.05) is 20.2 Å². The van der Waals surface area contributed by atoms with Crippen LogP contribution in [0.2, 0.25) is 0 Å². The highest BCUT2D eigenvalue weighted by molar-refractivity contribution is 7.12. The van der Waals surface area contributed by atoms with E-state index in [1.807, 2.05) is 11.4 Å². The van der Waals surface area contributed by atoms with Gasteiger partial charge in [-0.3, -0.25) is 14.4 Å². The van der Waals surface area contributed by atoms with Crippen LogP contribution in [0.15, 0.2) is 41.8 Å². The SMILES string of the molecule is COc1ccc(C(=O)C(C)OC(=O)C2CCN(C(=O)c3cccs3)CC2)cc1. The Labute approximate surface area is 168 Å². The van der Waals surface area contributed by atoms with Gasteiger partial charge in [0.1, 0.15) is 5.75 Å². The number of benzene rings is 1. The van der Waals surface area contributed by atoms with Gasteiger partial charge in [0.15, 0.2) is 6.10 Å². The Balaban J connectivity index is 1.50. The van der Waals surface area contributed by atoms with Crippen molar-refractivity contribution in [1.29, 1.82) is 0 Å². The lowest BCUT2D eigenvalue weighted by atomic mass is 9.96. The maximum absolute atomic E-state index is 12.5. The van der Waals surface area contributed by atoms with E-state index in [0.29, 0.717) is 42.1 Å². The number of ketones is 1. The molecule has 0 spiro atoms. The average Bonchev–Trinajstić information content (AvgIpc) is 3.27. The van der Waals surface area contributed by atoms with Crippen LogP contribution in [0.3, 0.4) is 0 Å². The van der Waals surface area contributed by atoms with Crippen LogP contribution in [-0.4, -0.2) is 48.9 Å². The standard InChI is InChI=1S/C21H23NO5S/c1-14(19(23)15-5-7-17(26-2)8-6-15)27-21(25)16-9-11-22(12-10-16)20(24)18-4-3-13-28-18/h3-8,13-14,16H,9-12H2,1-2H3. The summed E-state index contributed by atoms with van der Waals surface area (Å²) in [6.07, 6.45) is 0.227. The topological polar surface area (TPSA) is 72.9 Å². The molecule has 148 valence electrons. The average molecular weight is 401 g/mol. The second-order valence-corrected chi connectivity index (χ2v) is 7.66. The summed E-state index contributed by atoms with van der Waals surface area (Å²) in [4.78, 5) is 39.8. The Morgan fingerprint density at radius 2 is 1.79 bits per heavy atom. The van der Waals surface area contributed by atoms with Gasteiger partial charge in [0.2, 0.25) is 5.78 Å². The van der Waals surface area contributed by atoms with E-state index in [1.54, 1.807) is 49.3 Å². The van der Waals surface area contributed by atoms with Crippen LogP contribution in [0.1, 0.15) is 39.8 Å². The highest BCUT2D eigenvalue weighted by Crippen LogP contribution is 2.23. The zero-order chi connectivity index (χ0) is 20.1. The van der Waals surface area contributed by atoms with E-state index in [-0.39, 0.29) is 23.6 Å². The Kier molecular flexibility index (Phi) is 6.46. The highest BCUT2D eigenvalue weighted by Gasteiger charge is 2.31. The number of likely N-dealkylation sites (tertiary alicyclic amines) is 1. The van der Waals surface area contributed by atoms with E-state index in [9.17, 15) is 14.4 Å². The first-order valence-electron chi connectivity index (χ1n) is 9.21. The number of nitrogens with zero attached hydrogens (tertiary/aromatic N) is 1. The predicted octanol–water partition coefficient (Wildman–Crippen LogP) is 3.42. The normalized spacial score (nSPS) is 15.7. The molecule has 2 heterocycles. The molecule has 7 heteroatoms. The Morgan fingerprint density at radius 3 is 2.36 bits per heavy atom. The van der Waals surface area contributed by atoms with Gasteiger partial charge in [-0.15, -0.1) is 11.3 Å². The molecule has 1 aliphatic heterocycles. The molecule has 3 rings (SSSR count). The monoisotopic (exact) mass is 401 g/mol. The van der Waals surface area contributed by atoms with E-state index in [1.165, 1.54) is 11.3 Å². The van der Waals surface area contributed by atoms with Crippen LogP contribution < -0.4 is 4.74 Å². The van der Waals surface area contributed by atoms with Gasteiger partial charge in [-0.25, -0.2) is 0 Å². The van der Waals surface area contributed by atoms with E-state index >= 15 is 0 Å². The van der Waals surface area contributed by atoms with Gasteiger partial charge in [-0.1, -0.05) is 6.07 Å². The minimum atomic E-state index is -0.855. The fourth-order valence-corrected chi connectivity index (χ4v) is 3.88. The van der Waals surface area contributed by atoms with Gasteiger partial charge in [0.25, 0.3) is 5.91 Å². The Bertz CT molecular complexity index is 823.